The Morgan fingerprint density at radius 2 is 1.92 bits per heavy atom. The van der Waals surface area contributed by atoms with Crippen molar-refractivity contribution in [2.24, 2.45) is 4.99 Å². The lowest BCUT2D eigenvalue weighted by atomic mass is 9.99. The molecule has 24 heavy (non-hydrogen) atoms. The van der Waals surface area contributed by atoms with Gasteiger partial charge in [-0.25, -0.2) is 4.79 Å². The van der Waals surface area contributed by atoms with Crippen LogP contribution >= 0.6 is 23.2 Å². The molecule has 130 valence electrons. The number of dihydropyridines is 1. The first-order chi connectivity index (χ1) is 11.2. The first-order valence-electron chi connectivity index (χ1n) is 6.66. The number of hydrogen-bond donors (Lipinski definition) is 1. The summed E-state index contributed by atoms with van der Waals surface area (Å²) in [4.78, 5) is 16.2. The minimum atomic E-state index is -3.76. The van der Waals surface area contributed by atoms with Gasteiger partial charge in [0.2, 0.25) is 0 Å². The number of nitrogens with one attached hydrogen (secondary N) is 1. The molecule has 0 fully saturated rings. The predicted octanol–water partition coefficient (Wildman–Crippen LogP) is 2.33. The Labute approximate surface area is 149 Å². The number of carbonyl (C=O) groups is 1. The standard InChI is InChI=1S/C14H14Cl2N2O5S/c1-22-14(19)13-12(16)11(18-23-24(2,20)21)7-10(17-13)8-3-5-9(15)6-4-8/h3-6,10,18H,7H2,1-2H3. The van der Waals surface area contributed by atoms with E-state index in [1.165, 1.54) is 7.11 Å². The highest BCUT2D eigenvalue weighted by Gasteiger charge is 2.29. The number of nitrogens with zero attached hydrogens (tertiary/aromatic N) is 1. The lowest BCUT2D eigenvalue weighted by Crippen LogP contribution is -2.28. The van der Waals surface area contributed by atoms with E-state index in [4.69, 9.17) is 23.2 Å². The number of halogens is 2. The number of esters is 1. The van der Waals surface area contributed by atoms with Crippen molar-refractivity contribution in [3.05, 3.63) is 45.6 Å². The molecule has 1 heterocycles. The zero-order valence-corrected chi connectivity index (χ0v) is 15.1. The molecule has 0 saturated carbocycles. The van der Waals surface area contributed by atoms with Gasteiger partial charge in [-0.1, -0.05) is 35.3 Å². The van der Waals surface area contributed by atoms with E-state index in [0.717, 1.165) is 11.8 Å². The third-order valence-electron chi connectivity index (χ3n) is 3.11. The monoisotopic (exact) mass is 392 g/mol. The number of hydroxylamine groups is 1. The molecular weight excluding hydrogens is 379 g/mol. The van der Waals surface area contributed by atoms with Gasteiger partial charge < -0.3 is 4.74 Å². The van der Waals surface area contributed by atoms with Crippen molar-refractivity contribution in [2.45, 2.75) is 12.5 Å². The highest BCUT2D eigenvalue weighted by Crippen LogP contribution is 2.33. The van der Waals surface area contributed by atoms with Gasteiger partial charge in [0.15, 0.2) is 5.71 Å². The van der Waals surface area contributed by atoms with Crippen molar-refractivity contribution in [1.82, 2.24) is 5.48 Å². The Hall–Kier alpha value is -1.61. The van der Waals surface area contributed by atoms with Crippen LogP contribution in [0.2, 0.25) is 5.02 Å². The quantitative estimate of drug-likeness (QED) is 0.610. The Morgan fingerprint density at radius 1 is 1.29 bits per heavy atom. The fourth-order valence-corrected chi connectivity index (χ4v) is 2.63. The van der Waals surface area contributed by atoms with E-state index in [9.17, 15) is 13.2 Å². The maximum atomic E-state index is 11.9. The molecule has 1 unspecified atom stereocenters. The summed E-state index contributed by atoms with van der Waals surface area (Å²) >= 11 is 12.0. The average molecular weight is 393 g/mol. The van der Waals surface area contributed by atoms with Gasteiger partial charge in [0.1, 0.15) is 0 Å². The zero-order valence-electron chi connectivity index (χ0n) is 12.7. The molecule has 0 amide bonds. The van der Waals surface area contributed by atoms with E-state index in [-0.39, 0.29) is 22.9 Å². The minimum absolute atomic E-state index is 0.0595. The number of methoxy groups -OCH3 is 1. The van der Waals surface area contributed by atoms with E-state index in [1.54, 1.807) is 24.3 Å². The van der Waals surface area contributed by atoms with Crippen molar-refractivity contribution in [3.63, 3.8) is 0 Å². The summed E-state index contributed by atoms with van der Waals surface area (Å²) in [6.07, 6.45) is 1.08. The van der Waals surface area contributed by atoms with Crippen LogP contribution in [0.15, 0.2) is 40.0 Å². The molecular formula is C14H14Cl2N2O5S. The third kappa shape index (κ3) is 4.70. The number of carbonyl (C=O) groups excluding carboxylic acids is 1. The molecule has 2 rings (SSSR count). The van der Waals surface area contributed by atoms with Gasteiger partial charge in [0, 0.05) is 11.4 Å². The van der Waals surface area contributed by atoms with Crippen molar-refractivity contribution < 1.29 is 22.2 Å². The Bertz CT molecular complexity index is 803. The number of hydrogen-bond acceptors (Lipinski definition) is 7. The van der Waals surface area contributed by atoms with Crippen LogP contribution in [0, 0.1) is 0 Å². The number of benzene rings is 1. The first kappa shape index (κ1) is 18.7. The number of rotatable bonds is 5. The lowest BCUT2D eigenvalue weighted by molar-refractivity contribution is -0.132. The average Bonchev–Trinajstić information content (AvgIpc) is 2.53. The summed E-state index contributed by atoms with van der Waals surface area (Å²) in [5.41, 5.74) is 3.13. The van der Waals surface area contributed by atoms with Crippen LogP contribution in [-0.2, 0) is 23.9 Å². The van der Waals surface area contributed by atoms with Crippen molar-refractivity contribution in [3.8, 4) is 0 Å². The molecule has 0 aliphatic carbocycles. The zero-order chi connectivity index (χ0) is 17.9. The SMILES string of the molecule is COC(=O)C1=NC(c2ccc(Cl)cc2)CC(NOS(C)(=O)=O)=C1Cl. The molecule has 1 aromatic carbocycles. The van der Waals surface area contributed by atoms with Crippen LogP contribution in [0.4, 0.5) is 0 Å². The predicted molar refractivity (Wildman–Crippen MR) is 90.2 cm³/mol. The van der Waals surface area contributed by atoms with Crippen LogP contribution in [0.25, 0.3) is 0 Å². The molecule has 0 bridgehead atoms. The number of ether oxygens (including phenoxy) is 1. The molecule has 0 spiro atoms. The fourth-order valence-electron chi connectivity index (χ4n) is 2.01. The second kappa shape index (κ2) is 7.52. The second-order valence-electron chi connectivity index (χ2n) is 4.92. The molecule has 0 radical (unpaired) electrons. The van der Waals surface area contributed by atoms with Gasteiger partial charge in [-0.05, 0) is 17.7 Å². The van der Waals surface area contributed by atoms with Gasteiger partial charge in [0.05, 0.1) is 30.1 Å². The van der Waals surface area contributed by atoms with Crippen LogP contribution in [-0.4, -0.2) is 33.5 Å². The van der Waals surface area contributed by atoms with Gasteiger partial charge in [0.25, 0.3) is 10.1 Å². The largest absolute Gasteiger partial charge is 0.464 e. The Balaban J connectivity index is 2.37. The molecule has 7 nitrogen and oxygen atoms in total. The highest BCUT2D eigenvalue weighted by atomic mass is 35.5. The van der Waals surface area contributed by atoms with Gasteiger partial charge in [-0.3, -0.25) is 10.5 Å². The normalized spacial score (nSPS) is 18.2. The first-order valence-corrected chi connectivity index (χ1v) is 9.23. The molecule has 0 aromatic heterocycles. The van der Waals surface area contributed by atoms with Crippen molar-refractivity contribution in [1.29, 1.82) is 0 Å². The minimum Gasteiger partial charge on any atom is -0.464 e. The Kier molecular flexibility index (Phi) is 5.87. The number of aliphatic imine (C=N–C) groups is 1. The molecule has 1 aliphatic heterocycles. The lowest BCUT2D eigenvalue weighted by Gasteiger charge is -2.23. The Morgan fingerprint density at radius 3 is 2.46 bits per heavy atom. The topological polar surface area (TPSA) is 94.1 Å². The third-order valence-corrected chi connectivity index (χ3v) is 4.15. The molecule has 10 heteroatoms. The summed E-state index contributed by atoms with van der Waals surface area (Å²) in [7, 11) is -2.56. The summed E-state index contributed by atoms with van der Waals surface area (Å²) in [6.45, 7) is 0. The summed E-state index contributed by atoms with van der Waals surface area (Å²) in [5.74, 6) is -0.739. The van der Waals surface area contributed by atoms with Crippen LogP contribution in [0.1, 0.15) is 18.0 Å². The van der Waals surface area contributed by atoms with E-state index in [2.05, 4.69) is 19.5 Å². The maximum absolute atomic E-state index is 11.9. The van der Waals surface area contributed by atoms with Gasteiger partial charge >= 0.3 is 5.97 Å². The molecule has 1 N–H and O–H groups in total. The van der Waals surface area contributed by atoms with Crippen molar-refractivity contribution in [2.75, 3.05) is 13.4 Å². The molecule has 1 aliphatic rings. The molecule has 0 saturated heterocycles. The summed E-state index contributed by atoms with van der Waals surface area (Å²) in [6, 6.07) is 6.39. The highest BCUT2D eigenvalue weighted by molar-refractivity contribution is 7.85. The van der Waals surface area contributed by atoms with Crippen LogP contribution in [0.5, 0.6) is 0 Å². The van der Waals surface area contributed by atoms with Crippen molar-refractivity contribution >= 4 is 45.0 Å². The van der Waals surface area contributed by atoms with E-state index in [1.807, 2.05) is 0 Å². The summed E-state index contributed by atoms with van der Waals surface area (Å²) < 4.78 is 31.5. The van der Waals surface area contributed by atoms with Gasteiger partial charge in [-0.15, -0.1) is 0 Å². The summed E-state index contributed by atoms with van der Waals surface area (Å²) in [5, 5.41) is 0.495. The van der Waals surface area contributed by atoms with E-state index >= 15 is 0 Å². The van der Waals surface area contributed by atoms with E-state index < -0.39 is 22.1 Å². The second-order valence-corrected chi connectivity index (χ2v) is 7.31. The van der Waals surface area contributed by atoms with E-state index in [0.29, 0.717) is 5.02 Å². The van der Waals surface area contributed by atoms with Crippen LogP contribution < -0.4 is 5.48 Å². The molecule has 1 atom stereocenters. The van der Waals surface area contributed by atoms with Crippen LogP contribution in [0.3, 0.4) is 0 Å². The smallest absolute Gasteiger partial charge is 0.357 e. The van der Waals surface area contributed by atoms with Gasteiger partial charge in [-0.2, -0.15) is 12.7 Å². The maximum Gasteiger partial charge on any atom is 0.357 e. The molecule has 1 aromatic rings. The fraction of sp³-hybridized carbons (Fsp3) is 0.286.